The number of aromatic nitrogens is 1. The highest BCUT2D eigenvalue weighted by molar-refractivity contribution is 6.37. The van der Waals surface area contributed by atoms with Crippen LogP contribution < -0.4 is 21.6 Å². The molecule has 29 heavy (non-hydrogen) atoms. The molecule has 0 saturated heterocycles. The first-order chi connectivity index (χ1) is 14.1. The maximum Gasteiger partial charge on any atom is 0.220 e. The number of hydrogen-bond donors (Lipinski definition) is 3. The van der Waals surface area contributed by atoms with Gasteiger partial charge in [0.2, 0.25) is 11.9 Å². The number of hydrazone groups is 1. The number of anilines is 1. The molecule has 0 radical (unpaired) electrons. The van der Waals surface area contributed by atoms with Gasteiger partial charge in [-0.2, -0.15) is 5.10 Å². The van der Waals surface area contributed by atoms with Gasteiger partial charge >= 0.3 is 0 Å². The Morgan fingerprint density at radius 2 is 2.17 bits per heavy atom. The van der Waals surface area contributed by atoms with Gasteiger partial charge in [0, 0.05) is 23.0 Å². The number of hydrogen-bond acceptors (Lipinski definition) is 8. The highest BCUT2D eigenvalue weighted by atomic mass is 16.1. The predicted octanol–water partition coefficient (Wildman–Crippen LogP) is 1.23. The van der Waals surface area contributed by atoms with E-state index in [-0.39, 0.29) is 24.0 Å². The first-order valence-electron chi connectivity index (χ1n) is 9.74. The topological polar surface area (TPSA) is 120 Å². The summed E-state index contributed by atoms with van der Waals surface area (Å²) < 4.78 is 0. The van der Waals surface area contributed by atoms with Crippen LogP contribution in [0, 0.1) is 12.8 Å². The number of aryl methyl sites for hydroxylation is 1. The number of guanidine groups is 1. The molecule has 5 rings (SSSR count). The van der Waals surface area contributed by atoms with E-state index in [1.54, 1.807) is 6.21 Å². The number of amides is 1. The van der Waals surface area contributed by atoms with Crippen molar-refractivity contribution in [3.05, 3.63) is 36.0 Å². The smallest absolute Gasteiger partial charge is 0.220 e. The predicted molar refractivity (Wildman–Crippen MR) is 113 cm³/mol. The minimum Gasteiger partial charge on any atom is -0.369 e. The second-order valence-corrected chi connectivity index (χ2v) is 7.67. The van der Waals surface area contributed by atoms with Crippen molar-refractivity contribution in [2.75, 3.05) is 5.01 Å². The lowest BCUT2D eigenvalue weighted by molar-refractivity contribution is -0.121. The van der Waals surface area contributed by atoms with Gasteiger partial charge in [-0.3, -0.25) is 9.78 Å². The third-order valence-corrected chi connectivity index (χ3v) is 5.62. The second-order valence-electron chi connectivity index (χ2n) is 7.67. The maximum atomic E-state index is 11.4. The number of nitrogens with one attached hydrogen (secondary N) is 2. The molecule has 4 N–H and O–H groups in total. The van der Waals surface area contributed by atoms with Crippen molar-refractivity contribution in [1.82, 2.24) is 15.8 Å². The highest BCUT2D eigenvalue weighted by Crippen LogP contribution is 2.27. The molecule has 0 bridgehead atoms. The van der Waals surface area contributed by atoms with E-state index in [0.717, 1.165) is 40.8 Å². The average molecular weight is 390 g/mol. The summed E-state index contributed by atoms with van der Waals surface area (Å²) in [6, 6.07) is 10.3. The largest absolute Gasteiger partial charge is 0.369 e. The summed E-state index contributed by atoms with van der Waals surface area (Å²) >= 11 is 0. The third kappa shape index (κ3) is 3.28. The Bertz CT molecular complexity index is 1080. The van der Waals surface area contributed by atoms with E-state index in [1.807, 2.05) is 30.1 Å². The molecule has 1 amide bonds. The standard InChI is InChI=1S/C20H22N8O/c1-11-2-3-12-9-15(6-7-16(12)23-11)28-19-17(26-27-28)10-22-20(25-19)24-14-5-4-13(8-14)18(21)29/h2-3,6-7,9-10,13-14,19,27H,4-5,8H2,1H3,(H2,21,29)(H,24,25)/t13-,14-,19?/m0/s1. The molecule has 148 valence electrons. The lowest BCUT2D eigenvalue weighted by atomic mass is 10.1. The van der Waals surface area contributed by atoms with E-state index in [1.165, 1.54) is 0 Å². The third-order valence-electron chi connectivity index (χ3n) is 5.62. The highest BCUT2D eigenvalue weighted by Gasteiger charge is 2.33. The van der Waals surface area contributed by atoms with Gasteiger partial charge in [-0.05, 0) is 50.5 Å². The van der Waals surface area contributed by atoms with Crippen LogP contribution in [0.25, 0.3) is 10.9 Å². The molecule has 0 spiro atoms. The van der Waals surface area contributed by atoms with Crippen LogP contribution in [-0.2, 0) is 4.79 Å². The first-order valence-corrected chi connectivity index (χ1v) is 9.74. The van der Waals surface area contributed by atoms with E-state index in [9.17, 15) is 4.79 Å². The number of aliphatic imine (C=N–C) groups is 2. The number of benzene rings is 1. The average Bonchev–Trinajstić information content (AvgIpc) is 3.34. The van der Waals surface area contributed by atoms with Crippen LogP contribution in [0.15, 0.2) is 45.4 Å². The fourth-order valence-electron chi connectivity index (χ4n) is 4.04. The van der Waals surface area contributed by atoms with Crippen molar-refractivity contribution in [1.29, 1.82) is 0 Å². The molecule has 1 saturated carbocycles. The molecule has 1 aliphatic carbocycles. The molecule has 9 heteroatoms. The van der Waals surface area contributed by atoms with Crippen LogP contribution in [0.4, 0.5) is 5.69 Å². The van der Waals surface area contributed by atoms with Crippen LogP contribution in [0.3, 0.4) is 0 Å². The van der Waals surface area contributed by atoms with Crippen molar-refractivity contribution in [2.24, 2.45) is 26.7 Å². The van der Waals surface area contributed by atoms with Gasteiger partial charge in [0.25, 0.3) is 0 Å². The summed E-state index contributed by atoms with van der Waals surface area (Å²) in [5, 5.41) is 10.7. The number of nitrogens with two attached hydrogens (primary N) is 1. The van der Waals surface area contributed by atoms with Crippen LogP contribution in [-0.4, -0.2) is 41.0 Å². The number of carbonyl (C=O) groups excluding carboxylic acids is 1. The molecule has 1 unspecified atom stereocenters. The molecular formula is C20H22N8O. The Hall–Kier alpha value is -3.49. The number of nitrogens with zero attached hydrogens (tertiary/aromatic N) is 5. The Balaban J connectivity index is 1.35. The van der Waals surface area contributed by atoms with Gasteiger partial charge in [-0.1, -0.05) is 6.07 Å². The lowest BCUT2D eigenvalue weighted by Crippen LogP contribution is -2.44. The zero-order valence-electron chi connectivity index (χ0n) is 16.0. The van der Waals surface area contributed by atoms with Crippen molar-refractivity contribution in [3.8, 4) is 0 Å². The molecule has 3 atom stereocenters. The Labute approximate surface area is 167 Å². The van der Waals surface area contributed by atoms with E-state index in [4.69, 9.17) is 10.7 Å². The van der Waals surface area contributed by atoms with Crippen LogP contribution in [0.5, 0.6) is 0 Å². The quantitative estimate of drug-likeness (QED) is 0.728. The Morgan fingerprint density at radius 3 is 3.00 bits per heavy atom. The molecule has 2 aliphatic heterocycles. The summed E-state index contributed by atoms with van der Waals surface area (Å²) in [5.41, 5.74) is 12.1. The van der Waals surface area contributed by atoms with Gasteiger partial charge in [-0.15, -0.1) is 0 Å². The molecule has 3 aliphatic rings. The van der Waals surface area contributed by atoms with E-state index in [0.29, 0.717) is 12.4 Å². The Kier molecular flexibility index (Phi) is 4.15. The molecule has 3 heterocycles. The lowest BCUT2D eigenvalue weighted by Gasteiger charge is -2.25. The van der Waals surface area contributed by atoms with Crippen LogP contribution >= 0.6 is 0 Å². The van der Waals surface area contributed by atoms with Crippen LogP contribution in [0.1, 0.15) is 25.0 Å². The number of rotatable bonds is 3. The summed E-state index contributed by atoms with van der Waals surface area (Å²) in [7, 11) is 0. The molecule has 1 fully saturated rings. The van der Waals surface area contributed by atoms with Gasteiger partial charge in [-0.25, -0.2) is 20.5 Å². The molecule has 2 aromatic rings. The summed E-state index contributed by atoms with van der Waals surface area (Å²) in [4.78, 5) is 25.1. The molecule has 1 aromatic carbocycles. The first kappa shape index (κ1) is 17.6. The van der Waals surface area contributed by atoms with Gasteiger partial charge in [0.1, 0.15) is 5.71 Å². The zero-order valence-corrected chi connectivity index (χ0v) is 16.0. The van der Waals surface area contributed by atoms with Crippen molar-refractivity contribution in [3.63, 3.8) is 0 Å². The number of carbonyl (C=O) groups is 1. The van der Waals surface area contributed by atoms with Crippen molar-refractivity contribution in [2.45, 2.75) is 38.4 Å². The van der Waals surface area contributed by atoms with Gasteiger partial charge < -0.3 is 11.1 Å². The van der Waals surface area contributed by atoms with E-state index < -0.39 is 0 Å². The van der Waals surface area contributed by atoms with E-state index in [2.05, 4.69) is 38.1 Å². The van der Waals surface area contributed by atoms with Gasteiger partial charge in [0.05, 0.1) is 17.4 Å². The van der Waals surface area contributed by atoms with Gasteiger partial charge in [0.15, 0.2) is 6.17 Å². The SMILES string of the molecule is Cc1ccc2cc(N3NN=C4C=NC(N[C@H]5CC[C@H](C(N)=O)C5)=NC43)ccc2n1. The number of primary amides is 1. The van der Waals surface area contributed by atoms with Crippen molar-refractivity contribution < 1.29 is 4.79 Å². The number of fused-ring (bicyclic) bond motifs is 2. The summed E-state index contributed by atoms with van der Waals surface area (Å²) in [6.45, 7) is 1.98. The minimum atomic E-state index is -0.306. The molecule has 1 aromatic heterocycles. The monoisotopic (exact) mass is 390 g/mol. The fraction of sp³-hybridized carbons (Fsp3) is 0.350. The molecule has 9 nitrogen and oxygen atoms in total. The molecular weight excluding hydrogens is 368 g/mol. The summed E-state index contributed by atoms with van der Waals surface area (Å²) in [5.74, 6) is 0.248. The van der Waals surface area contributed by atoms with Crippen molar-refractivity contribution >= 4 is 40.4 Å². The maximum absolute atomic E-state index is 11.4. The fourth-order valence-corrected chi connectivity index (χ4v) is 4.04. The van der Waals surface area contributed by atoms with Crippen LogP contribution in [0.2, 0.25) is 0 Å². The second kappa shape index (κ2) is 6.84. The number of hydrazine groups is 1. The van der Waals surface area contributed by atoms with E-state index >= 15 is 0 Å². The zero-order chi connectivity index (χ0) is 20.0. The Morgan fingerprint density at radius 1 is 1.28 bits per heavy atom. The summed E-state index contributed by atoms with van der Waals surface area (Å²) in [6.07, 6.45) is 3.82. The normalized spacial score (nSPS) is 25.4. The number of pyridine rings is 1. The minimum absolute atomic E-state index is 0.0720.